The van der Waals surface area contributed by atoms with Gasteiger partial charge in [-0.1, -0.05) is 30.3 Å². The number of amides is 1. The Hall–Kier alpha value is -2.64. The van der Waals surface area contributed by atoms with E-state index in [2.05, 4.69) is 10.3 Å². The number of pyridine rings is 1. The van der Waals surface area contributed by atoms with Gasteiger partial charge in [-0.25, -0.2) is 9.78 Å². The van der Waals surface area contributed by atoms with Crippen LogP contribution < -0.4 is 10.1 Å². The molecule has 0 spiro atoms. The van der Waals surface area contributed by atoms with Gasteiger partial charge in [0.25, 0.3) is 0 Å². The van der Waals surface area contributed by atoms with Crippen LogP contribution in [0.25, 0.3) is 0 Å². The maximum Gasteiger partial charge on any atom is 0.415 e. The van der Waals surface area contributed by atoms with Crippen LogP contribution in [0.3, 0.4) is 0 Å². The molecule has 7 nitrogen and oxygen atoms in total. The summed E-state index contributed by atoms with van der Waals surface area (Å²) < 4.78 is 16.4. The number of hydrogen-bond donors (Lipinski definition) is 1. The molecule has 0 radical (unpaired) electrons. The first kappa shape index (κ1) is 17.2. The van der Waals surface area contributed by atoms with Gasteiger partial charge < -0.3 is 14.2 Å². The minimum absolute atomic E-state index is 0.361. The van der Waals surface area contributed by atoms with Crippen molar-refractivity contribution in [1.82, 2.24) is 9.88 Å². The van der Waals surface area contributed by atoms with Crippen molar-refractivity contribution in [3.05, 3.63) is 54.2 Å². The molecular formula is C18H21N3O4. The Morgan fingerprint density at radius 1 is 1.36 bits per heavy atom. The van der Waals surface area contributed by atoms with E-state index in [4.69, 9.17) is 14.2 Å². The number of nitrogens with one attached hydrogen (secondary N) is 1. The molecule has 3 rings (SSSR count). The molecule has 132 valence electrons. The number of aromatic nitrogens is 1. The summed E-state index contributed by atoms with van der Waals surface area (Å²) in [5.41, 5.74) is 1.06. The fourth-order valence-electron chi connectivity index (χ4n) is 2.37. The minimum Gasteiger partial charge on any atom is -0.489 e. The number of likely N-dealkylation sites (N-methyl/N-ethyl adjacent to an activating group) is 1. The second-order valence-corrected chi connectivity index (χ2v) is 5.74. The van der Waals surface area contributed by atoms with Crippen molar-refractivity contribution < 1.29 is 19.0 Å². The van der Waals surface area contributed by atoms with Gasteiger partial charge in [-0.15, -0.1) is 0 Å². The van der Waals surface area contributed by atoms with Crippen LogP contribution in [0, 0.1) is 0 Å². The lowest BCUT2D eigenvalue weighted by Gasteiger charge is -2.29. The Morgan fingerprint density at radius 3 is 3.00 bits per heavy atom. The fourth-order valence-corrected chi connectivity index (χ4v) is 2.37. The first-order valence-corrected chi connectivity index (χ1v) is 8.09. The summed E-state index contributed by atoms with van der Waals surface area (Å²) in [7, 11) is 1.95. The molecule has 2 heterocycles. The van der Waals surface area contributed by atoms with E-state index >= 15 is 0 Å². The minimum atomic E-state index is -0.604. The number of anilines is 1. The fraction of sp³-hybridized carbons (Fsp3) is 0.333. The third kappa shape index (κ3) is 5.44. The van der Waals surface area contributed by atoms with Gasteiger partial charge in [0.1, 0.15) is 18.2 Å². The Balaban J connectivity index is 1.51. The average Bonchev–Trinajstić information content (AvgIpc) is 2.61. The molecule has 1 saturated heterocycles. The maximum atomic E-state index is 12.0. The predicted molar refractivity (Wildman–Crippen MR) is 92.4 cm³/mol. The summed E-state index contributed by atoms with van der Waals surface area (Å²) >= 11 is 0. The van der Waals surface area contributed by atoms with Crippen molar-refractivity contribution in [2.24, 2.45) is 0 Å². The highest BCUT2D eigenvalue weighted by molar-refractivity contribution is 5.83. The van der Waals surface area contributed by atoms with E-state index in [9.17, 15) is 4.79 Å². The molecule has 7 heteroatoms. The second kappa shape index (κ2) is 8.46. The van der Waals surface area contributed by atoms with Crippen LogP contribution in [0.4, 0.5) is 10.6 Å². The van der Waals surface area contributed by atoms with Crippen molar-refractivity contribution in [2.45, 2.75) is 12.9 Å². The van der Waals surface area contributed by atoms with E-state index in [0.29, 0.717) is 31.3 Å². The van der Waals surface area contributed by atoms with Crippen molar-refractivity contribution in [3.8, 4) is 5.75 Å². The van der Waals surface area contributed by atoms with E-state index in [1.54, 1.807) is 18.3 Å². The summed E-state index contributed by atoms with van der Waals surface area (Å²) in [4.78, 5) is 18.1. The Kier molecular flexibility index (Phi) is 5.81. The molecule has 1 fully saturated rings. The SMILES string of the molecule is CN1CCOC(OC(=O)Nc2cc(OCc3ccccc3)ccn2)C1. The zero-order valence-corrected chi connectivity index (χ0v) is 14.1. The van der Waals surface area contributed by atoms with E-state index in [0.717, 1.165) is 12.1 Å². The first-order valence-electron chi connectivity index (χ1n) is 8.09. The number of ether oxygens (including phenoxy) is 3. The van der Waals surface area contributed by atoms with Crippen molar-refractivity contribution in [1.29, 1.82) is 0 Å². The molecule has 0 saturated carbocycles. The quantitative estimate of drug-likeness (QED) is 0.899. The van der Waals surface area contributed by atoms with Gasteiger partial charge in [-0.2, -0.15) is 0 Å². The summed E-state index contributed by atoms with van der Waals surface area (Å²) in [5.74, 6) is 0.975. The molecule has 0 aliphatic carbocycles. The highest BCUT2D eigenvalue weighted by Crippen LogP contribution is 2.17. The third-order valence-corrected chi connectivity index (χ3v) is 3.69. The lowest BCUT2D eigenvalue weighted by molar-refractivity contribution is -0.140. The number of carbonyl (C=O) groups excluding carboxylic acids is 1. The third-order valence-electron chi connectivity index (χ3n) is 3.69. The first-order chi connectivity index (χ1) is 12.2. The largest absolute Gasteiger partial charge is 0.489 e. The predicted octanol–water partition coefficient (Wildman–Crippen LogP) is 2.50. The van der Waals surface area contributed by atoms with E-state index in [-0.39, 0.29) is 0 Å². The molecule has 1 unspecified atom stereocenters. The molecule has 1 aliphatic rings. The van der Waals surface area contributed by atoms with Gasteiger partial charge >= 0.3 is 6.09 Å². The number of rotatable bonds is 5. The average molecular weight is 343 g/mol. The Labute approximate surface area is 146 Å². The van der Waals surface area contributed by atoms with E-state index in [1.165, 1.54) is 0 Å². The Bertz CT molecular complexity index is 696. The van der Waals surface area contributed by atoms with Crippen LogP contribution in [-0.2, 0) is 16.1 Å². The number of hydrogen-bond acceptors (Lipinski definition) is 6. The molecule has 1 aromatic carbocycles. The molecule has 1 amide bonds. The lowest BCUT2D eigenvalue weighted by Crippen LogP contribution is -2.42. The maximum absolute atomic E-state index is 12.0. The second-order valence-electron chi connectivity index (χ2n) is 5.74. The number of morpholine rings is 1. The van der Waals surface area contributed by atoms with Crippen LogP contribution in [0.5, 0.6) is 5.75 Å². The van der Waals surface area contributed by atoms with Crippen molar-refractivity contribution in [3.63, 3.8) is 0 Å². The van der Waals surface area contributed by atoms with Gasteiger partial charge in [-0.05, 0) is 18.7 Å². The van der Waals surface area contributed by atoms with Crippen molar-refractivity contribution >= 4 is 11.9 Å². The summed E-state index contributed by atoms with van der Waals surface area (Å²) in [6, 6.07) is 13.2. The van der Waals surface area contributed by atoms with Crippen LogP contribution in [0.2, 0.25) is 0 Å². The molecule has 1 N–H and O–H groups in total. The van der Waals surface area contributed by atoms with Crippen molar-refractivity contribution in [2.75, 3.05) is 32.1 Å². The number of nitrogens with zero attached hydrogens (tertiary/aromatic N) is 2. The standard InChI is InChI=1S/C18H21N3O4/c1-21-9-10-23-17(12-21)25-18(22)20-16-11-15(7-8-19-16)24-13-14-5-3-2-4-6-14/h2-8,11,17H,9-10,12-13H2,1H3,(H,19,20,22). The van der Waals surface area contributed by atoms with Gasteiger partial charge in [0.05, 0.1) is 13.2 Å². The van der Waals surface area contributed by atoms with Gasteiger partial charge in [0, 0.05) is 18.8 Å². The normalized spacial score (nSPS) is 17.7. The lowest BCUT2D eigenvalue weighted by atomic mass is 10.2. The molecule has 0 bridgehead atoms. The monoisotopic (exact) mass is 343 g/mol. The molecule has 1 atom stereocenters. The molecule has 2 aromatic rings. The molecule has 25 heavy (non-hydrogen) atoms. The zero-order valence-electron chi connectivity index (χ0n) is 14.1. The summed E-state index contributed by atoms with van der Waals surface area (Å²) in [6.45, 7) is 2.34. The van der Waals surface area contributed by atoms with Gasteiger partial charge in [0.2, 0.25) is 6.29 Å². The van der Waals surface area contributed by atoms with Crippen LogP contribution in [-0.4, -0.2) is 49.0 Å². The topological polar surface area (TPSA) is 72.9 Å². The Morgan fingerprint density at radius 2 is 2.20 bits per heavy atom. The smallest absolute Gasteiger partial charge is 0.415 e. The van der Waals surface area contributed by atoms with Gasteiger partial charge in [0.15, 0.2) is 0 Å². The zero-order chi connectivity index (χ0) is 17.5. The molecular weight excluding hydrogens is 322 g/mol. The van der Waals surface area contributed by atoms with E-state index in [1.807, 2.05) is 42.3 Å². The summed E-state index contributed by atoms with van der Waals surface area (Å²) in [6.07, 6.45) is 0.394. The highest BCUT2D eigenvalue weighted by atomic mass is 16.7. The summed E-state index contributed by atoms with van der Waals surface area (Å²) in [5, 5.41) is 2.59. The molecule has 1 aromatic heterocycles. The highest BCUT2D eigenvalue weighted by Gasteiger charge is 2.21. The van der Waals surface area contributed by atoms with Crippen LogP contribution >= 0.6 is 0 Å². The van der Waals surface area contributed by atoms with Crippen LogP contribution in [0.1, 0.15) is 5.56 Å². The van der Waals surface area contributed by atoms with E-state index < -0.39 is 12.4 Å². The van der Waals surface area contributed by atoms with Gasteiger partial charge in [-0.3, -0.25) is 10.2 Å². The number of benzene rings is 1. The molecule has 1 aliphatic heterocycles. The van der Waals surface area contributed by atoms with Crippen LogP contribution in [0.15, 0.2) is 48.7 Å². The number of carbonyl (C=O) groups is 1.